The van der Waals surface area contributed by atoms with Crippen LogP contribution in [0.15, 0.2) is 91.0 Å². The molecule has 4 rings (SSSR count). The normalized spacial score (nSPS) is 14.9. The highest BCUT2D eigenvalue weighted by atomic mass is 79.9. The molecule has 0 aromatic heterocycles. The van der Waals surface area contributed by atoms with E-state index in [-0.39, 0.29) is 17.0 Å². The van der Waals surface area contributed by atoms with Crippen molar-refractivity contribution in [3.63, 3.8) is 0 Å². The Hall–Kier alpha value is -1.43. The molecule has 25 heavy (non-hydrogen) atoms. The van der Waals surface area contributed by atoms with Gasteiger partial charge in [0.2, 0.25) is 0 Å². The van der Waals surface area contributed by atoms with Crippen molar-refractivity contribution < 1.29 is 0 Å². The molecule has 0 N–H and O–H groups in total. The van der Waals surface area contributed by atoms with E-state index in [0.29, 0.717) is 0 Å². The van der Waals surface area contributed by atoms with Gasteiger partial charge in [-0.05, 0) is 62.1 Å². The van der Waals surface area contributed by atoms with Crippen molar-refractivity contribution >= 4 is 40.2 Å². The van der Waals surface area contributed by atoms with Crippen LogP contribution in [0.25, 0.3) is 0 Å². The van der Waals surface area contributed by atoms with Gasteiger partial charge in [-0.3, -0.25) is 0 Å². The summed E-state index contributed by atoms with van der Waals surface area (Å²) in [5.74, 6) is 0. The van der Waals surface area contributed by atoms with Gasteiger partial charge < -0.3 is 0 Å². The maximum atomic E-state index is 2.37. The Morgan fingerprint density at radius 3 is 1.16 bits per heavy atom. The molecule has 0 heterocycles. The van der Waals surface area contributed by atoms with Crippen LogP contribution in [0.5, 0.6) is 0 Å². The van der Waals surface area contributed by atoms with Gasteiger partial charge in [0, 0.05) is 0 Å². The van der Waals surface area contributed by atoms with E-state index < -0.39 is 7.26 Å². The van der Waals surface area contributed by atoms with Gasteiger partial charge in [0.25, 0.3) is 0 Å². The number of rotatable bonds is 4. The van der Waals surface area contributed by atoms with Crippen LogP contribution in [0.2, 0.25) is 0 Å². The summed E-state index contributed by atoms with van der Waals surface area (Å²) in [6, 6.07) is 33.9. The van der Waals surface area contributed by atoms with Crippen LogP contribution < -0.4 is 15.9 Å². The summed E-state index contributed by atoms with van der Waals surface area (Å²) >= 11 is 0. The molecule has 128 valence electrons. The lowest BCUT2D eigenvalue weighted by Crippen LogP contribution is -2.37. The third-order valence-corrected chi connectivity index (χ3v) is 10.3. The molecule has 0 aliphatic heterocycles. The van der Waals surface area contributed by atoms with Crippen LogP contribution >= 0.6 is 24.2 Å². The van der Waals surface area contributed by atoms with Gasteiger partial charge in [-0.25, -0.2) is 0 Å². The van der Waals surface area contributed by atoms with Crippen LogP contribution in [0.1, 0.15) is 25.7 Å². The fourth-order valence-electron chi connectivity index (χ4n) is 4.36. The van der Waals surface area contributed by atoms with Crippen molar-refractivity contribution in [3.8, 4) is 0 Å². The van der Waals surface area contributed by atoms with Gasteiger partial charge >= 0.3 is 0 Å². The van der Waals surface area contributed by atoms with Crippen LogP contribution in [0.3, 0.4) is 0 Å². The Bertz CT molecular complexity index is 668. The van der Waals surface area contributed by atoms with Crippen molar-refractivity contribution in [3.05, 3.63) is 91.0 Å². The molecule has 0 unspecified atom stereocenters. The van der Waals surface area contributed by atoms with E-state index in [1.54, 1.807) is 0 Å². The molecule has 1 fully saturated rings. The van der Waals surface area contributed by atoms with E-state index in [0.717, 1.165) is 5.66 Å². The molecule has 1 aliphatic carbocycles. The molecule has 0 nitrogen and oxygen atoms in total. The van der Waals surface area contributed by atoms with Gasteiger partial charge in [-0.15, -0.1) is 17.0 Å². The first kappa shape index (κ1) is 18.4. The average molecular weight is 412 g/mol. The Morgan fingerprint density at radius 2 is 0.840 bits per heavy atom. The van der Waals surface area contributed by atoms with Crippen molar-refractivity contribution in [1.29, 1.82) is 0 Å². The molecule has 3 aromatic rings. The zero-order valence-corrected chi connectivity index (χ0v) is 17.0. The van der Waals surface area contributed by atoms with Crippen molar-refractivity contribution in [1.82, 2.24) is 0 Å². The van der Waals surface area contributed by atoms with Crippen LogP contribution in [-0.2, 0) is 0 Å². The summed E-state index contributed by atoms with van der Waals surface area (Å²) in [6.45, 7) is 0. The lowest BCUT2D eigenvalue weighted by Gasteiger charge is -2.32. The maximum Gasteiger partial charge on any atom is 0.115 e. The Morgan fingerprint density at radius 1 is 0.520 bits per heavy atom. The Labute approximate surface area is 162 Å². The van der Waals surface area contributed by atoms with Crippen molar-refractivity contribution in [2.75, 3.05) is 0 Å². The summed E-state index contributed by atoms with van der Waals surface area (Å²) in [5, 5.41) is 4.61. The lowest BCUT2D eigenvalue weighted by atomic mass is 10.3. The smallest absolute Gasteiger partial charge is 0.114 e. The van der Waals surface area contributed by atoms with Gasteiger partial charge in [-0.1, -0.05) is 54.6 Å². The highest BCUT2D eigenvalue weighted by Crippen LogP contribution is 2.63. The molecule has 0 atom stereocenters. The van der Waals surface area contributed by atoms with E-state index in [9.17, 15) is 0 Å². The first-order valence-electron chi connectivity index (χ1n) is 8.98. The van der Waals surface area contributed by atoms with Crippen LogP contribution in [0, 0.1) is 0 Å². The molecule has 1 saturated carbocycles. The third kappa shape index (κ3) is 3.33. The fraction of sp³-hybridized carbons (Fsp3) is 0.217. The second kappa shape index (κ2) is 8.30. The molecule has 0 spiro atoms. The summed E-state index contributed by atoms with van der Waals surface area (Å²) < 4.78 is 0. The second-order valence-electron chi connectivity index (χ2n) is 6.67. The zero-order valence-electron chi connectivity index (χ0n) is 14.4. The SMILES string of the molecule is Br.c1ccc([P+](c2ccccc2)(c2ccccc2)C2CCCC2)cc1. The quantitative estimate of drug-likeness (QED) is 0.497. The average Bonchev–Trinajstić information content (AvgIpc) is 3.20. The predicted molar refractivity (Wildman–Crippen MR) is 118 cm³/mol. The van der Waals surface area contributed by atoms with E-state index >= 15 is 0 Å². The fourth-order valence-corrected chi connectivity index (χ4v) is 9.59. The molecule has 0 amide bonds. The first-order chi connectivity index (χ1) is 11.9. The Balaban J connectivity index is 0.00000182. The topological polar surface area (TPSA) is 0 Å². The molecular formula is C23H25BrP+. The monoisotopic (exact) mass is 411 g/mol. The lowest BCUT2D eigenvalue weighted by molar-refractivity contribution is 0.886. The first-order valence-corrected chi connectivity index (χ1v) is 10.8. The third-order valence-electron chi connectivity index (χ3n) is 5.36. The van der Waals surface area contributed by atoms with Gasteiger partial charge in [0.1, 0.15) is 23.2 Å². The van der Waals surface area contributed by atoms with Gasteiger partial charge in [0.15, 0.2) is 0 Å². The number of hydrogen-bond donors (Lipinski definition) is 0. The molecule has 1 aliphatic rings. The van der Waals surface area contributed by atoms with Crippen molar-refractivity contribution in [2.45, 2.75) is 31.3 Å². The summed E-state index contributed by atoms with van der Waals surface area (Å²) in [7, 11) is -1.60. The maximum absolute atomic E-state index is 2.37. The number of halogens is 1. The summed E-state index contributed by atoms with van der Waals surface area (Å²) in [5.41, 5.74) is 0.768. The number of hydrogen-bond acceptors (Lipinski definition) is 0. The van der Waals surface area contributed by atoms with E-state index in [1.165, 1.54) is 41.6 Å². The number of benzene rings is 3. The molecule has 3 aromatic carbocycles. The van der Waals surface area contributed by atoms with Crippen molar-refractivity contribution in [2.24, 2.45) is 0 Å². The minimum absolute atomic E-state index is 0. The van der Waals surface area contributed by atoms with E-state index in [1.807, 2.05) is 0 Å². The second-order valence-corrected chi connectivity index (χ2v) is 10.4. The predicted octanol–water partition coefficient (Wildman–Crippen LogP) is 5.50. The molecule has 2 heteroatoms. The van der Waals surface area contributed by atoms with Crippen LogP contribution in [0.4, 0.5) is 0 Å². The standard InChI is InChI=1S/C23H24P.BrH/c1-4-12-20(13-5-1)24(23-18-10-11-19-23,21-14-6-2-7-15-21)22-16-8-3-9-17-22;/h1-9,12-17,23H,10-11,18-19H2;1H/q+1;. The highest BCUT2D eigenvalue weighted by molar-refractivity contribution is 8.93. The Kier molecular flexibility index (Phi) is 6.10. The highest BCUT2D eigenvalue weighted by Gasteiger charge is 2.52. The zero-order chi connectivity index (χ0) is 16.2. The van der Waals surface area contributed by atoms with Gasteiger partial charge in [-0.2, -0.15) is 0 Å². The minimum Gasteiger partial charge on any atom is -0.114 e. The molecule has 0 radical (unpaired) electrons. The van der Waals surface area contributed by atoms with E-state index in [4.69, 9.17) is 0 Å². The van der Waals surface area contributed by atoms with Crippen LogP contribution in [-0.4, -0.2) is 5.66 Å². The molecule has 0 bridgehead atoms. The van der Waals surface area contributed by atoms with Gasteiger partial charge in [0.05, 0.1) is 5.66 Å². The largest absolute Gasteiger partial charge is 0.115 e. The molecule has 0 saturated heterocycles. The molecular weight excluding hydrogens is 387 g/mol. The summed E-state index contributed by atoms with van der Waals surface area (Å²) in [6.07, 6.45) is 5.46. The summed E-state index contributed by atoms with van der Waals surface area (Å²) in [4.78, 5) is 0. The van der Waals surface area contributed by atoms with E-state index in [2.05, 4.69) is 91.0 Å². The minimum atomic E-state index is -1.60.